The van der Waals surface area contributed by atoms with Crippen molar-refractivity contribution in [1.82, 2.24) is 0 Å². The smallest absolute Gasteiger partial charge is 0.123 e. The van der Waals surface area contributed by atoms with Gasteiger partial charge in [0.15, 0.2) is 0 Å². The first-order chi connectivity index (χ1) is 8.65. The molecule has 0 fully saturated rings. The maximum absolute atomic E-state index is 12.7. The summed E-state index contributed by atoms with van der Waals surface area (Å²) in [5.74, 6) is 0.310. The molecule has 94 valence electrons. The second-order valence-electron chi connectivity index (χ2n) is 3.92. The van der Waals surface area contributed by atoms with Crippen molar-refractivity contribution in [3.63, 3.8) is 0 Å². The Kier molecular flexibility index (Phi) is 4.18. The second kappa shape index (κ2) is 5.85. The standard InChI is InChI=1S/C14H13ClFNO/c15-11-3-1-10(2-4-11)14(17)9-18-13-7-5-12(16)6-8-13/h1-8,14H,9,17H2. The van der Waals surface area contributed by atoms with Crippen LogP contribution in [0.25, 0.3) is 0 Å². The Morgan fingerprint density at radius 3 is 2.28 bits per heavy atom. The third-order valence-corrected chi connectivity index (χ3v) is 2.79. The summed E-state index contributed by atoms with van der Waals surface area (Å²) in [7, 11) is 0. The molecule has 0 heterocycles. The molecule has 0 saturated carbocycles. The summed E-state index contributed by atoms with van der Waals surface area (Å²) in [6.45, 7) is 0.327. The lowest BCUT2D eigenvalue weighted by atomic mass is 10.1. The van der Waals surface area contributed by atoms with E-state index < -0.39 is 0 Å². The summed E-state index contributed by atoms with van der Waals surface area (Å²) in [5, 5.41) is 0.672. The number of ether oxygens (including phenoxy) is 1. The Balaban J connectivity index is 1.93. The summed E-state index contributed by atoms with van der Waals surface area (Å²) in [6.07, 6.45) is 0. The van der Waals surface area contributed by atoms with Gasteiger partial charge in [-0.2, -0.15) is 0 Å². The van der Waals surface area contributed by atoms with Gasteiger partial charge in [-0.25, -0.2) is 4.39 Å². The van der Waals surface area contributed by atoms with Crippen molar-refractivity contribution in [3.8, 4) is 5.75 Å². The summed E-state index contributed by atoms with van der Waals surface area (Å²) in [5.41, 5.74) is 6.93. The molecule has 0 saturated heterocycles. The minimum Gasteiger partial charge on any atom is -0.492 e. The zero-order chi connectivity index (χ0) is 13.0. The van der Waals surface area contributed by atoms with Crippen LogP contribution in [0.15, 0.2) is 48.5 Å². The van der Waals surface area contributed by atoms with Gasteiger partial charge in [0.2, 0.25) is 0 Å². The normalized spacial score (nSPS) is 12.2. The Bertz CT molecular complexity index is 498. The van der Waals surface area contributed by atoms with E-state index in [1.807, 2.05) is 12.1 Å². The van der Waals surface area contributed by atoms with Gasteiger partial charge in [0.05, 0.1) is 6.04 Å². The van der Waals surface area contributed by atoms with Gasteiger partial charge < -0.3 is 10.5 Å². The summed E-state index contributed by atoms with van der Waals surface area (Å²) in [6, 6.07) is 12.9. The number of halogens is 2. The van der Waals surface area contributed by atoms with E-state index in [2.05, 4.69) is 0 Å². The van der Waals surface area contributed by atoms with E-state index in [-0.39, 0.29) is 11.9 Å². The fourth-order valence-corrected chi connectivity index (χ4v) is 1.65. The molecule has 0 aromatic heterocycles. The number of hydrogen-bond donors (Lipinski definition) is 1. The van der Waals surface area contributed by atoms with Crippen LogP contribution in [0.5, 0.6) is 5.75 Å². The molecule has 2 N–H and O–H groups in total. The SMILES string of the molecule is NC(COc1ccc(F)cc1)c1ccc(Cl)cc1. The van der Waals surface area contributed by atoms with Crippen molar-refractivity contribution in [2.45, 2.75) is 6.04 Å². The summed E-state index contributed by atoms with van der Waals surface area (Å²) in [4.78, 5) is 0. The molecule has 18 heavy (non-hydrogen) atoms. The molecule has 1 unspecified atom stereocenters. The first kappa shape index (κ1) is 12.9. The van der Waals surface area contributed by atoms with Crippen LogP contribution >= 0.6 is 11.6 Å². The molecule has 2 aromatic carbocycles. The quantitative estimate of drug-likeness (QED) is 0.917. The lowest BCUT2D eigenvalue weighted by molar-refractivity contribution is 0.290. The van der Waals surface area contributed by atoms with Crippen molar-refractivity contribution in [2.24, 2.45) is 5.73 Å². The second-order valence-corrected chi connectivity index (χ2v) is 4.36. The predicted molar refractivity (Wildman–Crippen MR) is 70.3 cm³/mol. The topological polar surface area (TPSA) is 35.2 Å². The average Bonchev–Trinajstić information content (AvgIpc) is 2.38. The largest absolute Gasteiger partial charge is 0.492 e. The number of hydrogen-bond acceptors (Lipinski definition) is 2. The highest BCUT2D eigenvalue weighted by atomic mass is 35.5. The molecule has 0 aliphatic heterocycles. The monoisotopic (exact) mass is 265 g/mol. The highest BCUT2D eigenvalue weighted by molar-refractivity contribution is 6.30. The molecule has 0 aliphatic rings. The van der Waals surface area contributed by atoms with Crippen LogP contribution in [0, 0.1) is 5.82 Å². The van der Waals surface area contributed by atoms with Crippen molar-refractivity contribution in [2.75, 3.05) is 6.61 Å². The number of nitrogens with two attached hydrogens (primary N) is 1. The van der Waals surface area contributed by atoms with Gasteiger partial charge in [-0.1, -0.05) is 23.7 Å². The zero-order valence-corrected chi connectivity index (χ0v) is 10.4. The zero-order valence-electron chi connectivity index (χ0n) is 9.64. The van der Waals surface area contributed by atoms with Crippen LogP contribution in [0.3, 0.4) is 0 Å². The van der Waals surface area contributed by atoms with E-state index in [1.165, 1.54) is 12.1 Å². The summed E-state index contributed by atoms with van der Waals surface area (Å²) < 4.78 is 18.2. The van der Waals surface area contributed by atoms with Crippen molar-refractivity contribution < 1.29 is 9.13 Å². The van der Waals surface area contributed by atoms with Gasteiger partial charge in [-0.15, -0.1) is 0 Å². The molecule has 4 heteroatoms. The van der Waals surface area contributed by atoms with Crippen LogP contribution < -0.4 is 10.5 Å². The fraction of sp³-hybridized carbons (Fsp3) is 0.143. The first-order valence-electron chi connectivity index (χ1n) is 5.54. The minimum atomic E-state index is -0.288. The molecule has 1 atom stereocenters. The molecule has 0 radical (unpaired) electrons. The van der Waals surface area contributed by atoms with E-state index in [4.69, 9.17) is 22.1 Å². The van der Waals surface area contributed by atoms with E-state index in [0.29, 0.717) is 17.4 Å². The lowest BCUT2D eigenvalue weighted by Crippen LogP contribution is -2.18. The molecule has 0 spiro atoms. The maximum Gasteiger partial charge on any atom is 0.123 e. The van der Waals surface area contributed by atoms with E-state index in [0.717, 1.165) is 5.56 Å². The third kappa shape index (κ3) is 3.45. The molecule has 2 aromatic rings. The lowest BCUT2D eigenvalue weighted by Gasteiger charge is -2.13. The van der Waals surface area contributed by atoms with Crippen LogP contribution in [-0.2, 0) is 0 Å². The van der Waals surface area contributed by atoms with Crippen molar-refractivity contribution in [1.29, 1.82) is 0 Å². The van der Waals surface area contributed by atoms with Crippen LogP contribution in [0.1, 0.15) is 11.6 Å². The molecule has 0 aliphatic carbocycles. The minimum absolute atomic E-state index is 0.243. The van der Waals surface area contributed by atoms with Crippen molar-refractivity contribution >= 4 is 11.6 Å². The average molecular weight is 266 g/mol. The molecule has 0 amide bonds. The molecular formula is C14H13ClFNO. The predicted octanol–water partition coefficient (Wildman–Crippen LogP) is 3.56. The molecule has 0 bridgehead atoms. The maximum atomic E-state index is 12.7. The van der Waals surface area contributed by atoms with Crippen LogP contribution in [0.4, 0.5) is 4.39 Å². The van der Waals surface area contributed by atoms with E-state index in [1.54, 1.807) is 24.3 Å². The Morgan fingerprint density at radius 2 is 1.67 bits per heavy atom. The van der Waals surface area contributed by atoms with Gasteiger partial charge in [0.1, 0.15) is 18.2 Å². The highest BCUT2D eigenvalue weighted by Gasteiger charge is 2.06. The van der Waals surface area contributed by atoms with Crippen LogP contribution in [-0.4, -0.2) is 6.61 Å². The van der Waals surface area contributed by atoms with E-state index >= 15 is 0 Å². The first-order valence-corrected chi connectivity index (χ1v) is 5.92. The van der Waals surface area contributed by atoms with E-state index in [9.17, 15) is 4.39 Å². The van der Waals surface area contributed by atoms with Gasteiger partial charge in [-0.3, -0.25) is 0 Å². The Hall–Kier alpha value is -1.58. The summed E-state index contributed by atoms with van der Waals surface area (Å²) >= 11 is 5.80. The molecule has 2 rings (SSSR count). The van der Waals surface area contributed by atoms with Gasteiger partial charge in [0, 0.05) is 5.02 Å². The highest BCUT2D eigenvalue weighted by Crippen LogP contribution is 2.17. The van der Waals surface area contributed by atoms with Gasteiger partial charge in [-0.05, 0) is 42.0 Å². The van der Waals surface area contributed by atoms with Crippen molar-refractivity contribution in [3.05, 3.63) is 64.9 Å². The number of rotatable bonds is 4. The Morgan fingerprint density at radius 1 is 1.06 bits per heavy atom. The van der Waals surface area contributed by atoms with Gasteiger partial charge in [0.25, 0.3) is 0 Å². The third-order valence-electron chi connectivity index (χ3n) is 2.54. The Labute approximate surface area is 110 Å². The van der Waals surface area contributed by atoms with Gasteiger partial charge >= 0.3 is 0 Å². The number of benzene rings is 2. The molecule has 2 nitrogen and oxygen atoms in total. The molecular weight excluding hydrogens is 253 g/mol. The fourth-order valence-electron chi connectivity index (χ4n) is 1.52. The van der Waals surface area contributed by atoms with Crippen LogP contribution in [0.2, 0.25) is 5.02 Å².